The van der Waals surface area contributed by atoms with Gasteiger partial charge in [-0.2, -0.15) is 0 Å². The Hall–Kier alpha value is -2.90. The van der Waals surface area contributed by atoms with Crippen molar-refractivity contribution in [3.8, 4) is 0 Å². The van der Waals surface area contributed by atoms with Crippen LogP contribution in [0.1, 0.15) is 55.9 Å². The van der Waals surface area contributed by atoms with Crippen molar-refractivity contribution in [2.24, 2.45) is 0 Å². The Morgan fingerprint density at radius 2 is 1.88 bits per heavy atom. The van der Waals surface area contributed by atoms with Gasteiger partial charge < -0.3 is 19.2 Å². The molecule has 8 heteroatoms. The van der Waals surface area contributed by atoms with Crippen molar-refractivity contribution in [3.63, 3.8) is 0 Å². The van der Waals surface area contributed by atoms with Crippen LogP contribution in [-0.4, -0.2) is 34.5 Å². The van der Waals surface area contributed by atoms with Crippen LogP contribution in [0, 0.1) is 0 Å². The quantitative estimate of drug-likeness (QED) is 0.789. The maximum atomic E-state index is 12.2. The molecule has 0 radical (unpaired) electrons. The average molecular weight is 361 g/mol. The number of esters is 1. The third kappa shape index (κ3) is 5.87. The SMILES string of the molecule is CCOC(=O)c1nnc([C@H](Cc2ccccc2)NC(=O)OC(C)(C)C)o1. The number of ether oxygens (including phenoxy) is 2. The molecular formula is C18H23N3O5. The molecule has 0 aliphatic carbocycles. The van der Waals surface area contributed by atoms with Crippen molar-refractivity contribution in [1.29, 1.82) is 0 Å². The van der Waals surface area contributed by atoms with E-state index < -0.39 is 23.7 Å². The Morgan fingerprint density at radius 1 is 1.19 bits per heavy atom. The largest absolute Gasteiger partial charge is 0.459 e. The molecule has 0 aliphatic rings. The number of alkyl carbamates (subject to hydrolysis) is 1. The normalized spacial score (nSPS) is 12.3. The summed E-state index contributed by atoms with van der Waals surface area (Å²) in [6.45, 7) is 7.18. The van der Waals surface area contributed by atoms with Crippen LogP contribution in [0.25, 0.3) is 0 Å². The predicted octanol–water partition coefficient (Wildman–Crippen LogP) is 3.05. The molecule has 8 nitrogen and oxygen atoms in total. The lowest BCUT2D eigenvalue weighted by Crippen LogP contribution is -2.36. The van der Waals surface area contributed by atoms with Crippen molar-refractivity contribution < 1.29 is 23.5 Å². The molecule has 1 aromatic carbocycles. The molecule has 0 saturated carbocycles. The molecule has 0 aliphatic heterocycles. The lowest BCUT2D eigenvalue weighted by molar-refractivity contribution is 0.0475. The summed E-state index contributed by atoms with van der Waals surface area (Å²) in [4.78, 5) is 23.9. The summed E-state index contributed by atoms with van der Waals surface area (Å²) in [5.41, 5.74) is 0.302. The molecule has 2 rings (SSSR count). The van der Waals surface area contributed by atoms with E-state index >= 15 is 0 Å². The van der Waals surface area contributed by atoms with Crippen LogP contribution in [0.3, 0.4) is 0 Å². The van der Waals surface area contributed by atoms with Crippen LogP contribution in [0.15, 0.2) is 34.7 Å². The zero-order valence-electron chi connectivity index (χ0n) is 15.3. The molecule has 0 unspecified atom stereocenters. The summed E-state index contributed by atoms with van der Waals surface area (Å²) in [6, 6.07) is 8.84. The molecule has 26 heavy (non-hydrogen) atoms. The van der Waals surface area contributed by atoms with Crippen LogP contribution < -0.4 is 5.32 Å². The maximum Gasteiger partial charge on any atom is 0.408 e. The second-order valence-electron chi connectivity index (χ2n) is 6.55. The third-order valence-corrected chi connectivity index (χ3v) is 3.16. The van der Waals surface area contributed by atoms with Crippen LogP contribution in [-0.2, 0) is 15.9 Å². The number of carbonyl (C=O) groups excluding carboxylic acids is 2. The highest BCUT2D eigenvalue weighted by molar-refractivity contribution is 5.83. The van der Waals surface area contributed by atoms with Crippen LogP contribution in [0.2, 0.25) is 0 Å². The van der Waals surface area contributed by atoms with Gasteiger partial charge in [0.2, 0.25) is 5.89 Å². The van der Waals surface area contributed by atoms with E-state index in [1.807, 2.05) is 30.3 Å². The number of benzene rings is 1. The van der Waals surface area contributed by atoms with E-state index in [1.165, 1.54) is 0 Å². The average Bonchev–Trinajstić information content (AvgIpc) is 3.04. The fourth-order valence-corrected chi connectivity index (χ4v) is 2.15. The second kappa shape index (κ2) is 8.46. The fourth-order valence-electron chi connectivity index (χ4n) is 2.15. The van der Waals surface area contributed by atoms with Gasteiger partial charge in [-0.25, -0.2) is 9.59 Å². The molecule has 1 heterocycles. The molecule has 1 aromatic heterocycles. The Morgan fingerprint density at radius 3 is 2.50 bits per heavy atom. The summed E-state index contributed by atoms with van der Waals surface area (Å²) in [5.74, 6) is -0.865. The second-order valence-corrected chi connectivity index (χ2v) is 6.55. The van der Waals surface area contributed by atoms with Crippen molar-refractivity contribution >= 4 is 12.1 Å². The van der Waals surface area contributed by atoms with E-state index in [1.54, 1.807) is 27.7 Å². The number of rotatable bonds is 6. The highest BCUT2D eigenvalue weighted by Gasteiger charge is 2.26. The fraction of sp³-hybridized carbons (Fsp3) is 0.444. The summed E-state index contributed by atoms with van der Waals surface area (Å²) in [7, 11) is 0. The van der Waals surface area contributed by atoms with Gasteiger partial charge in [-0.05, 0) is 33.3 Å². The Balaban J connectivity index is 2.20. The van der Waals surface area contributed by atoms with Gasteiger partial charge in [0.05, 0.1) is 6.61 Å². The van der Waals surface area contributed by atoms with E-state index in [2.05, 4.69) is 15.5 Å². The van der Waals surface area contributed by atoms with Crippen LogP contribution in [0.4, 0.5) is 4.79 Å². The molecule has 0 fully saturated rings. The number of amides is 1. The van der Waals surface area contributed by atoms with Gasteiger partial charge in [0, 0.05) is 6.42 Å². The van der Waals surface area contributed by atoms with Crippen molar-refractivity contribution in [2.75, 3.05) is 6.61 Å². The first-order valence-corrected chi connectivity index (χ1v) is 8.32. The molecule has 0 bridgehead atoms. The minimum Gasteiger partial charge on any atom is -0.459 e. The summed E-state index contributed by atoms with van der Waals surface area (Å²) in [6.07, 6.45) is -0.223. The standard InChI is InChI=1S/C18H23N3O5/c1-5-24-16(22)15-21-20-14(25-15)13(11-12-9-7-6-8-10-12)19-17(23)26-18(2,3)4/h6-10,13H,5,11H2,1-4H3,(H,19,23)/t13-/m0/s1. The lowest BCUT2D eigenvalue weighted by Gasteiger charge is -2.22. The topological polar surface area (TPSA) is 104 Å². The summed E-state index contributed by atoms with van der Waals surface area (Å²) in [5, 5.41) is 10.3. The van der Waals surface area contributed by atoms with Gasteiger partial charge in [0.1, 0.15) is 11.6 Å². The molecule has 1 atom stereocenters. The van der Waals surface area contributed by atoms with E-state index in [9.17, 15) is 9.59 Å². The van der Waals surface area contributed by atoms with Gasteiger partial charge >= 0.3 is 18.0 Å². The number of hydrogen-bond acceptors (Lipinski definition) is 7. The minimum atomic E-state index is -0.707. The number of carbonyl (C=O) groups is 2. The van der Waals surface area contributed by atoms with Gasteiger partial charge in [0.25, 0.3) is 0 Å². The number of hydrogen-bond donors (Lipinski definition) is 1. The Labute approximate surface area is 151 Å². The predicted molar refractivity (Wildman–Crippen MR) is 92.5 cm³/mol. The van der Waals surface area contributed by atoms with Gasteiger partial charge in [-0.1, -0.05) is 30.3 Å². The van der Waals surface area contributed by atoms with E-state index in [0.717, 1.165) is 5.56 Å². The highest BCUT2D eigenvalue weighted by atomic mass is 16.6. The minimum absolute atomic E-state index is 0.0998. The first-order chi connectivity index (χ1) is 12.3. The number of aromatic nitrogens is 2. The zero-order valence-corrected chi connectivity index (χ0v) is 15.3. The number of nitrogens with one attached hydrogen (secondary N) is 1. The smallest absolute Gasteiger partial charge is 0.408 e. The molecule has 2 aromatic rings. The summed E-state index contributed by atoms with van der Waals surface area (Å²) < 4.78 is 15.5. The Kier molecular flexibility index (Phi) is 6.32. The van der Waals surface area contributed by atoms with E-state index in [4.69, 9.17) is 13.9 Å². The molecular weight excluding hydrogens is 338 g/mol. The summed E-state index contributed by atoms with van der Waals surface area (Å²) >= 11 is 0. The molecule has 0 spiro atoms. The van der Waals surface area contributed by atoms with Crippen LogP contribution >= 0.6 is 0 Å². The first-order valence-electron chi connectivity index (χ1n) is 8.32. The van der Waals surface area contributed by atoms with Gasteiger partial charge in [-0.15, -0.1) is 10.2 Å². The monoisotopic (exact) mass is 361 g/mol. The Bertz CT molecular complexity index is 737. The van der Waals surface area contributed by atoms with Gasteiger partial charge in [-0.3, -0.25) is 0 Å². The van der Waals surface area contributed by atoms with Crippen molar-refractivity contribution in [2.45, 2.75) is 45.8 Å². The molecule has 0 saturated heterocycles. The molecule has 140 valence electrons. The zero-order chi connectivity index (χ0) is 19.2. The lowest BCUT2D eigenvalue weighted by atomic mass is 10.1. The van der Waals surface area contributed by atoms with Crippen LogP contribution in [0.5, 0.6) is 0 Å². The highest BCUT2D eigenvalue weighted by Crippen LogP contribution is 2.19. The number of nitrogens with zero attached hydrogens (tertiary/aromatic N) is 2. The van der Waals surface area contributed by atoms with E-state index in [0.29, 0.717) is 6.42 Å². The maximum absolute atomic E-state index is 12.2. The first kappa shape index (κ1) is 19.4. The van der Waals surface area contributed by atoms with Gasteiger partial charge in [0.15, 0.2) is 0 Å². The molecule has 1 amide bonds. The van der Waals surface area contributed by atoms with Crippen molar-refractivity contribution in [1.82, 2.24) is 15.5 Å². The molecule has 1 N–H and O–H groups in total. The third-order valence-electron chi connectivity index (χ3n) is 3.16. The van der Waals surface area contributed by atoms with Crippen molar-refractivity contribution in [3.05, 3.63) is 47.7 Å². The van der Waals surface area contributed by atoms with E-state index in [-0.39, 0.29) is 18.4 Å².